The van der Waals surface area contributed by atoms with Crippen molar-refractivity contribution in [1.82, 2.24) is 9.13 Å². The van der Waals surface area contributed by atoms with Gasteiger partial charge >= 0.3 is 11.1 Å². The van der Waals surface area contributed by atoms with Crippen molar-refractivity contribution in [1.29, 1.82) is 5.26 Å². The number of benzene rings is 2. The van der Waals surface area contributed by atoms with Crippen molar-refractivity contribution in [2.24, 2.45) is 0 Å². The predicted octanol–water partition coefficient (Wildman–Crippen LogP) is 1.96. The molecule has 0 fully saturated rings. The summed E-state index contributed by atoms with van der Waals surface area (Å²) in [6.45, 7) is 1.31. The second-order valence-electron chi connectivity index (χ2n) is 6.08. The number of hydrogen-bond acceptors (Lipinski definition) is 4. The maximum atomic E-state index is 13.5. The van der Waals surface area contributed by atoms with Crippen molar-refractivity contribution in [3.63, 3.8) is 0 Å². The lowest BCUT2D eigenvalue weighted by Crippen LogP contribution is -2.41. The molecule has 0 radical (unpaired) electrons. The number of hydrogen-bond donors (Lipinski definition) is 1. The number of nitriles is 1. The Bertz CT molecular complexity index is 1220. The number of carbonyl (C=O) groups excluding carboxylic acids is 1. The van der Waals surface area contributed by atoms with Gasteiger partial charge in [-0.25, -0.2) is 4.39 Å². The van der Waals surface area contributed by atoms with Crippen LogP contribution in [0.4, 0.5) is 10.1 Å². The fraction of sp³-hybridized carbons (Fsp3) is 0.100. The van der Waals surface area contributed by atoms with Crippen LogP contribution in [0.15, 0.2) is 64.4 Å². The quantitative estimate of drug-likeness (QED) is 0.702. The SMILES string of the molecule is Cc1ccc(F)cc1-n1ccn(CC(=O)Nc2cccc(C#N)c2)c(=O)c1=O. The van der Waals surface area contributed by atoms with Gasteiger partial charge in [-0.15, -0.1) is 0 Å². The Morgan fingerprint density at radius 1 is 1.14 bits per heavy atom. The van der Waals surface area contributed by atoms with Crippen molar-refractivity contribution in [2.45, 2.75) is 13.5 Å². The monoisotopic (exact) mass is 378 g/mol. The van der Waals surface area contributed by atoms with Crippen LogP contribution in [0.3, 0.4) is 0 Å². The van der Waals surface area contributed by atoms with Gasteiger partial charge in [0.2, 0.25) is 5.91 Å². The van der Waals surface area contributed by atoms with E-state index in [1.807, 2.05) is 6.07 Å². The van der Waals surface area contributed by atoms with Gasteiger partial charge in [-0.3, -0.25) is 23.5 Å². The first-order valence-electron chi connectivity index (χ1n) is 8.27. The van der Waals surface area contributed by atoms with Crippen LogP contribution in [0.1, 0.15) is 11.1 Å². The molecule has 0 saturated heterocycles. The highest BCUT2D eigenvalue weighted by Crippen LogP contribution is 2.13. The highest BCUT2D eigenvalue weighted by molar-refractivity contribution is 5.90. The first-order chi connectivity index (χ1) is 13.4. The van der Waals surface area contributed by atoms with E-state index in [0.29, 0.717) is 16.8 Å². The van der Waals surface area contributed by atoms with Gasteiger partial charge in [-0.05, 0) is 42.8 Å². The minimum Gasteiger partial charge on any atom is -0.324 e. The molecule has 0 aliphatic carbocycles. The number of nitrogens with zero attached hydrogens (tertiary/aromatic N) is 3. The van der Waals surface area contributed by atoms with E-state index < -0.39 is 22.8 Å². The van der Waals surface area contributed by atoms with Crippen LogP contribution in [0.2, 0.25) is 0 Å². The fourth-order valence-corrected chi connectivity index (χ4v) is 2.69. The van der Waals surface area contributed by atoms with E-state index in [0.717, 1.165) is 15.2 Å². The van der Waals surface area contributed by atoms with E-state index >= 15 is 0 Å². The molecular formula is C20H15FN4O3. The van der Waals surface area contributed by atoms with E-state index in [4.69, 9.17) is 5.26 Å². The normalized spacial score (nSPS) is 10.3. The van der Waals surface area contributed by atoms with Crippen LogP contribution in [-0.4, -0.2) is 15.0 Å². The molecule has 0 atom stereocenters. The highest BCUT2D eigenvalue weighted by atomic mass is 19.1. The van der Waals surface area contributed by atoms with Crippen molar-refractivity contribution in [3.8, 4) is 11.8 Å². The molecule has 140 valence electrons. The van der Waals surface area contributed by atoms with Gasteiger partial charge in [0.05, 0.1) is 17.3 Å². The number of aryl methyl sites for hydroxylation is 1. The molecular weight excluding hydrogens is 363 g/mol. The Hall–Kier alpha value is -3.99. The number of carbonyl (C=O) groups is 1. The average molecular weight is 378 g/mol. The minimum absolute atomic E-state index is 0.256. The third kappa shape index (κ3) is 3.88. The predicted molar refractivity (Wildman–Crippen MR) is 101 cm³/mol. The summed E-state index contributed by atoms with van der Waals surface area (Å²) in [5, 5.41) is 11.5. The fourth-order valence-electron chi connectivity index (χ4n) is 2.69. The van der Waals surface area contributed by atoms with Gasteiger partial charge in [-0.2, -0.15) is 5.26 Å². The molecule has 0 aliphatic heterocycles. The van der Waals surface area contributed by atoms with E-state index in [-0.39, 0.29) is 12.2 Å². The maximum absolute atomic E-state index is 13.5. The zero-order chi connectivity index (χ0) is 20.3. The molecule has 7 nitrogen and oxygen atoms in total. The molecule has 1 N–H and O–H groups in total. The molecule has 3 aromatic rings. The zero-order valence-corrected chi connectivity index (χ0v) is 14.8. The highest BCUT2D eigenvalue weighted by Gasteiger charge is 2.12. The summed E-state index contributed by atoms with van der Waals surface area (Å²) < 4.78 is 15.5. The molecule has 28 heavy (non-hydrogen) atoms. The Balaban J connectivity index is 1.86. The summed E-state index contributed by atoms with van der Waals surface area (Å²) in [7, 11) is 0. The molecule has 0 bridgehead atoms. The Labute approximate surface area is 158 Å². The third-order valence-corrected chi connectivity index (χ3v) is 4.08. The maximum Gasteiger partial charge on any atom is 0.320 e. The summed E-state index contributed by atoms with van der Waals surface area (Å²) in [6, 6.07) is 12.2. The first-order valence-corrected chi connectivity index (χ1v) is 8.27. The topological polar surface area (TPSA) is 96.9 Å². The van der Waals surface area contributed by atoms with E-state index in [1.165, 1.54) is 30.6 Å². The van der Waals surface area contributed by atoms with Gasteiger partial charge in [0.1, 0.15) is 12.4 Å². The van der Waals surface area contributed by atoms with Crippen LogP contribution in [-0.2, 0) is 11.3 Å². The molecule has 1 amide bonds. The van der Waals surface area contributed by atoms with Gasteiger partial charge in [0.25, 0.3) is 0 Å². The second kappa shape index (κ2) is 7.72. The number of aromatic nitrogens is 2. The van der Waals surface area contributed by atoms with Gasteiger partial charge in [0, 0.05) is 18.1 Å². The lowest BCUT2D eigenvalue weighted by Gasteiger charge is -2.11. The van der Waals surface area contributed by atoms with E-state index in [2.05, 4.69) is 5.32 Å². The molecule has 1 aromatic heterocycles. The lowest BCUT2D eigenvalue weighted by molar-refractivity contribution is -0.116. The van der Waals surface area contributed by atoms with Gasteiger partial charge in [0.15, 0.2) is 0 Å². The molecule has 0 unspecified atom stereocenters. The van der Waals surface area contributed by atoms with Crippen LogP contribution in [0, 0.1) is 24.1 Å². The Morgan fingerprint density at radius 3 is 2.68 bits per heavy atom. The van der Waals surface area contributed by atoms with Crippen molar-refractivity contribution < 1.29 is 9.18 Å². The second-order valence-corrected chi connectivity index (χ2v) is 6.08. The molecule has 0 saturated carbocycles. The van der Waals surface area contributed by atoms with Gasteiger partial charge < -0.3 is 5.32 Å². The van der Waals surface area contributed by atoms with Crippen molar-refractivity contribution >= 4 is 11.6 Å². The van der Waals surface area contributed by atoms with Crippen molar-refractivity contribution in [2.75, 3.05) is 5.32 Å². The molecule has 0 aliphatic rings. The Kier molecular flexibility index (Phi) is 5.18. The number of amides is 1. The summed E-state index contributed by atoms with van der Waals surface area (Å²) in [6.07, 6.45) is 2.61. The van der Waals surface area contributed by atoms with Crippen LogP contribution >= 0.6 is 0 Å². The molecule has 0 spiro atoms. The first kappa shape index (κ1) is 18.8. The Morgan fingerprint density at radius 2 is 1.93 bits per heavy atom. The average Bonchev–Trinajstić information content (AvgIpc) is 2.68. The zero-order valence-electron chi connectivity index (χ0n) is 14.8. The minimum atomic E-state index is -0.910. The van der Waals surface area contributed by atoms with Crippen LogP contribution < -0.4 is 16.4 Å². The van der Waals surface area contributed by atoms with Crippen LogP contribution in [0.5, 0.6) is 0 Å². The smallest absolute Gasteiger partial charge is 0.320 e. The van der Waals surface area contributed by atoms with E-state index in [1.54, 1.807) is 25.1 Å². The number of nitrogens with one attached hydrogen (secondary N) is 1. The summed E-state index contributed by atoms with van der Waals surface area (Å²) in [5.41, 5.74) is -0.144. The molecule has 2 aromatic carbocycles. The molecule has 8 heteroatoms. The molecule has 3 rings (SSSR count). The largest absolute Gasteiger partial charge is 0.324 e. The summed E-state index contributed by atoms with van der Waals surface area (Å²) in [4.78, 5) is 37.0. The lowest BCUT2D eigenvalue weighted by atomic mass is 10.2. The van der Waals surface area contributed by atoms with E-state index in [9.17, 15) is 18.8 Å². The number of rotatable bonds is 4. The summed E-state index contributed by atoms with van der Waals surface area (Å²) in [5.74, 6) is -1.06. The standard InChI is InChI=1S/C20H15FN4O3/c1-13-5-6-15(21)10-17(13)25-8-7-24(19(27)20(25)28)12-18(26)23-16-4-2-3-14(9-16)11-22/h2-10H,12H2,1H3,(H,23,26). The number of anilines is 1. The number of halogens is 1. The third-order valence-electron chi connectivity index (χ3n) is 4.08. The van der Waals surface area contributed by atoms with Crippen molar-refractivity contribution in [3.05, 3.63) is 92.5 Å². The molecule has 1 heterocycles. The van der Waals surface area contributed by atoms with Gasteiger partial charge in [-0.1, -0.05) is 12.1 Å². The summed E-state index contributed by atoms with van der Waals surface area (Å²) >= 11 is 0. The van der Waals surface area contributed by atoms with Crippen LogP contribution in [0.25, 0.3) is 5.69 Å².